The molecular weight excluding hydrogens is 454 g/mol. The Kier molecular flexibility index (Phi) is 9.15. The van der Waals surface area contributed by atoms with Crippen molar-refractivity contribution in [3.63, 3.8) is 0 Å². The Bertz CT molecular complexity index is 990. The molecule has 1 aliphatic carbocycles. The number of benzene rings is 2. The van der Waals surface area contributed by atoms with Crippen molar-refractivity contribution in [1.82, 2.24) is 10.2 Å². The Balaban J connectivity index is 1.29. The number of piperazine rings is 1. The average molecular weight is 496 g/mol. The van der Waals surface area contributed by atoms with Crippen molar-refractivity contribution < 1.29 is 9.53 Å². The number of thioether (sulfide) groups is 1. The lowest BCUT2D eigenvalue weighted by Gasteiger charge is -2.32. The molecule has 1 heterocycles. The fraction of sp³-hybridized carbons (Fsp3) is 0.552. The van der Waals surface area contributed by atoms with E-state index in [0.29, 0.717) is 6.04 Å². The number of carbonyl (C=O) groups is 1. The van der Waals surface area contributed by atoms with Crippen molar-refractivity contribution in [3.8, 4) is 5.75 Å². The van der Waals surface area contributed by atoms with Gasteiger partial charge in [-0.25, -0.2) is 0 Å². The minimum Gasteiger partial charge on any atom is -0.490 e. The Morgan fingerprint density at radius 3 is 2.69 bits per heavy atom. The molecule has 2 fully saturated rings. The van der Waals surface area contributed by atoms with Crippen LogP contribution >= 0.6 is 11.8 Å². The predicted octanol–water partition coefficient (Wildman–Crippen LogP) is 5.25. The molecule has 0 bridgehead atoms. The molecule has 1 saturated heterocycles. The smallest absolute Gasteiger partial charge is 0.229 e. The molecule has 1 saturated carbocycles. The Labute approximate surface area is 215 Å². The van der Waals surface area contributed by atoms with Gasteiger partial charge in [0.1, 0.15) is 5.75 Å². The zero-order valence-electron chi connectivity index (χ0n) is 21.8. The van der Waals surface area contributed by atoms with E-state index in [4.69, 9.17) is 4.74 Å². The van der Waals surface area contributed by atoms with Gasteiger partial charge in [-0.15, -0.1) is 0 Å². The van der Waals surface area contributed by atoms with Crippen molar-refractivity contribution in [2.45, 2.75) is 64.0 Å². The third-order valence-electron chi connectivity index (χ3n) is 7.43. The Morgan fingerprint density at radius 1 is 1.17 bits per heavy atom. The van der Waals surface area contributed by atoms with Crippen LogP contribution in [0.3, 0.4) is 0 Å². The van der Waals surface area contributed by atoms with Crippen LogP contribution in [0.2, 0.25) is 0 Å². The van der Waals surface area contributed by atoms with Gasteiger partial charge in [0.05, 0.1) is 6.10 Å². The molecule has 1 atom stereocenters. The highest BCUT2D eigenvalue weighted by atomic mass is 32.2. The maximum atomic E-state index is 13.3. The van der Waals surface area contributed by atoms with E-state index in [0.717, 1.165) is 69.1 Å². The molecule has 1 amide bonds. The monoisotopic (exact) mass is 495 g/mol. The number of hydrogen-bond donors (Lipinski definition) is 1. The van der Waals surface area contributed by atoms with E-state index in [1.54, 1.807) is 0 Å². The van der Waals surface area contributed by atoms with E-state index < -0.39 is 0 Å². The molecule has 35 heavy (non-hydrogen) atoms. The van der Waals surface area contributed by atoms with Crippen LogP contribution < -0.4 is 15.0 Å². The highest BCUT2D eigenvalue weighted by Crippen LogP contribution is 2.31. The molecule has 0 unspecified atom stereocenters. The first-order valence-electron chi connectivity index (χ1n) is 13.0. The molecule has 190 valence electrons. The van der Waals surface area contributed by atoms with Gasteiger partial charge < -0.3 is 15.0 Å². The molecule has 5 nitrogen and oxygen atoms in total. The summed E-state index contributed by atoms with van der Waals surface area (Å²) in [6, 6.07) is 15.4. The van der Waals surface area contributed by atoms with Crippen molar-refractivity contribution in [3.05, 3.63) is 59.2 Å². The zero-order valence-corrected chi connectivity index (χ0v) is 22.6. The molecule has 0 spiro atoms. The van der Waals surface area contributed by atoms with Crippen molar-refractivity contribution in [2.24, 2.45) is 5.92 Å². The molecule has 1 N–H and O–H groups in total. The number of carbonyl (C=O) groups excluding carboxylic acids is 1. The molecule has 2 aromatic rings. The fourth-order valence-electron chi connectivity index (χ4n) is 5.36. The first-order chi connectivity index (χ1) is 16.9. The summed E-state index contributed by atoms with van der Waals surface area (Å²) < 4.78 is 6.27. The zero-order chi connectivity index (χ0) is 24.8. The first kappa shape index (κ1) is 26.1. The fourth-order valence-corrected chi connectivity index (χ4v) is 5.87. The number of rotatable bonds is 8. The number of aryl methyl sites for hydroxylation is 1. The second-order valence-corrected chi connectivity index (χ2v) is 11.1. The Hall–Kier alpha value is -2.02. The van der Waals surface area contributed by atoms with E-state index >= 15 is 0 Å². The molecule has 0 aromatic heterocycles. The van der Waals surface area contributed by atoms with Crippen LogP contribution in [-0.4, -0.2) is 55.9 Å². The number of amides is 1. The van der Waals surface area contributed by atoms with E-state index in [2.05, 4.69) is 66.7 Å². The van der Waals surface area contributed by atoms with Gasteiger partial charge in [0.25, 0.3) is 0 Å². The van der Waals surface area contributed by atoms with Gasteiger partial charge in [0.15, 0.2) is 0 Å². The van der Waals surface area contributed by atoms with Crippen molar-refractivity contribution >= 4 is 23.4 Å². The highest BCUT2D eigenvalue weighted by molar-refractivity contribution is 7.97. The predicted molar refractivity (Wildman–Crippen MR) is 147 cm³/mol. The quantitative estimate of drug-likeness (QED) is 0.542. The number of nitrogens with one attached hydrogen (secondary N) is 1. The minimum absolute atomic E-state index is 0.0741. The van der Waals surface area contributed by atoms with E-state index in [-0.39, 0.29) is 17.9 Å². The molecular formula is C29H41N3O2S. The summed E-state index contributed by atoms with van der Waals surface area (Å²) in [5.41, 5.74) is 4.90. The lowest BCUT2D eigenvalue weighted by atomic mass is 9.86. The van der Waals surface area contributed by atoms with Crippen LogP contribution in [0.15, 0.2) is 42.5 Å². The van der Waals surface area contributed by atoms with Gasteiger partial charge in [0, 0.05) is 56.6 Å². The van der Waals surface area contributed by atoms with Crippen molar-refractivity contribution in [1.29, 1.82) is 0 Å². The van der Waals surface area contributed by atoms with Crippen LogP contribution in [0.4, 0.5) is 5.69 Å². The third-order valence-corrected chi connectivity index (χ3v) is 8.05. The van der Waals surface area contributed by atoms with Gasteiger partial charge in [-0.3, -0.25) is 9.69 Å². The molecule has 1 aliphatic heterocycles. The van der Waals surface area contributed by atoms with E-state index in [1.165, 1.54) is 16.7 Å². The summed E-state index contributed by atoms with van der Waals surface area (Å²) in [6.07, 6.45) is 5.94. The Morgan fingerprint density at radius 2 is 1.97 bits per heavy atom. The summed E-state index contributed by atoms with van der Waals surface area (Å²) in [7, 11) is 1.93. The number of anilines is 1. The number of hydrogen-bond acceptors (Lipinski definition) is 5. The van der Waals surface area contributed by atoms with Crippen LogP contribution in [0.25, 0.3) is 0 Å². The van der Waals surface area contributed by atoms with Crippen LogP contribution in [0.5, 0.6) is 5.75 Å². The second-order valence-electron chi connectivity index (χ2n) is 10.3. The second kappa shape index (κ2) is 12.3. The van der Waals surface area contributed by atoms with Crippen LogP contribution in [0.1, 0.15) is 49.3 Å². The maximum absolute atomic E-state index is 13.3. The minimum atomic E-state index is 0.0741. The highest BCUT2D eigenvalue weighted by Gasteiger charge is 2.30. The molecule has 6 heteroatoms. The number of ether oxygens (including phenoxy) is 1. The first-order valence-corrected chi connectivity index (χ1v) is 14.4. The molecule has 2 aromatic carbocycles. The standard InChI is InChI=1S/C29H41N3O2S/c1-21-16-26(11-8-25(21)19-32-15-14-30-22(2)18-32)31(3)29(33)24-9-12-27(13-10-24)34-28-7-5-6-23(17-28)20-35-4/h5-8,11,16-17,22,24,27,30H,9-10,12-15,18-20H2,1-4H3/t22-,24?,27?/m0/s1. The topological polar surface area (TPSA) is 44.8 Å². The van der Waals surface area contributed by atoms with E-state index in [9.17, 15) is 4.79 Å². The molecule has 4 rings (SSSR count). The lowest BCUT2D eigenvalue weighted by molar-refractivity contribution is -0.123. The average Bonchev–Trinajstić information content (AvgIpc) is 2.85. The normalized spacial score (nSPS) is 23.1. The van der Waals surface area contributed by atoms with Gasteiger partial charge in [-0.1, -0.05) is 18.2 Å². The summed E-state index contributed by atoms with van der Waals surface area (Å²) in [4.78, 5) is 17.7. The SMILES string of the molecule is CSCc1cccc(OC2CCC(C(=O)N(C)c3ccc(CN4CCN[C@@H](C)C4)c(C)c3)CC2)c1. The van der Waals surface area contributed by atoms with Gasteiger partial charge >= 0.3 is 0 Å². The van der Waals surface area contributed by atoms with Gasteiger partial charge in [-0.2, -0.15) is 11.8 Å². The molecule has 2 aliphatic rings. The summed E-state index contributed by atoms with van der Waals surface area (Å²) >= 11 is 1.82. The third kappa shape index (κ3) is 7.02. The lowest BCUT2D eigenvalue weighted by Crippen LogP contribution is -2.48. The number of nitrogens with zero attached hydrogens (tertiary/aromatic N) is 2. The van der Waals surface area contributed by atoms with E-state index in [1.807, 2.05) is 29.8 Å². The molecule has 0 radical (unpaired) electrons. The van der Waals surface area contributed by atoms with Crippen molar-refractivity contribution in [2.75, 3.05) is 37.8 Å². The summed E-state index contributed by atoms with van der Waals surface area (Å²) in [5, 5.41) is 3.51. The van der Waals surface area contributed by atoms with Crippen LogP contribution in [-0.2, 0) is 17.1 Å². The maximum Gasteiger partial charge on any atom is 0.229 e. The van der Waals surface area contributed by atoms with Gasteiger partial charge in [-0.05, 0) is 86.7 Å². The van der Waals surface area contributed by atoms with Crippen LogP contribution in [0, 0.1) is 12.8 Å². The van der Waals surface area contributed by atoms with Gasteiger partial charge in [0.2, 0.25) is 5.91 Å². The summed E-state index contributed by atoms with van der Waals surface area (Å²) in [5.74, 6) is 2.26. The summed E-state index contributed by atoms with van der Waals surface area (Å²) in [6.45, 7) is 8.59. The largest absolute Gasteiger partial charge is 0.490 e.